The largest absolute Gasteiger partial charge is 0.344 e. The molecule has 79 heavy (non-hydrogen) atoms. The Morgan fingerprint density at radius 1 is 0.405 bits per heavy atom. The number of thioether (sulfide) groups is 1. The first-order valence-electron chi connectivity index (χ1n) is 26.8. The molecular formula is C71H47N7S. The average molecular weight is 1030 g/mol. The van der Waals surface area contributed by atoms with Crippen LogP contribution in [0, 0.1) is 0 Å². The van der Waals surface area contributed by atoms with Gasteiger partial charge in [0.05, 0.1) is 39.5 Å². The number of benzene rings is 11. The number of nitrogens with zero attached hydrogens (tertiary/aromatic N) is 6. The summed E-state index contributed by atoms with van der Waals surface area (Å²) in [6, 6.07) is 95.6. The van der Waals surface area contributed by atoms with Crippen LogP contribution >= 0.6 is 11.8 Å². The van der Waals surface area contributed by atoms with E-state index in [-0.39, 0.29) is 11.4 Å². The molecule has 8 heteroatoms. The van der Waals surface area contributed by atoms with Gasteiger partial charge in [0.2, 0.25) is 5.96 Å². The molecule has 2 aliphatic rings. The van der Waals surface area contributed by atoms with E-state index in [1.807, 2.05) is 0 Å². The molecular weight excluding hydrogens is 983 g/mol. The molecule has 0 bridgehead atoms. The fourth-order valence-electron chi connectivity index (χ4n) is 12.2. The Morgan fingerprint density at radius 2 is 1.01 bits per heavy atom. The highest BCUT2D eigenvalue weighted by Crippen LogP contribution is 2.57. The van der Waals surface area contributed by atoms with Crippen LogP contribution in [0.5, 0.6) is 0 Å². The highest BCUT2D eigenvalue weighted by Gasteiger charge is 2.38. The van der Waals surface area contributed by atoms with Crippen molar-refractivity contribution in [1.29, 1.82) is 0 Å². The summed E-state index contributed by atoms with van der Waals surface area (Å²) in [5, 5.41) is 11.9. The van der Waals surface area contributed by atoms with Gasteiger partial charge in [0.15, 0.2) is 5.82 Å². The predicted octanol–water partition coefficient (Wildman–Crippen LogP) is 18.0. The number of anilines is 2. The van der Waals surface area contributed by atoms with E-state index in [0.29, 0.717) is 5.82 Å². The summed E-state index contributed by atoms with van der Waals surface area (Å²) < 4.78 is 4.73. The van der Waals surface area contributed by atoms with Gasteiger partial charge in [-0.25, -0.2) is 15.0 Å². The minimum absolute atomic E-state index is 0.0287. The smallest absolute Gasteiger partial charge is 0.209 e. The maximum absolute atomic E-state index is 5.53. The van der Waals surface area contributed by atoms with E-state index in [4.69, 9.17) is 15.0 Å². The molecule has 0 radical (unpaired) electrons. The molecule has 5 heterocycles. The Hall–Kier alpha value is -10.0. The maximum atomic E-state index is 5.53. The number of fused-ring (bicyclic) bond motifs is 10. The lowest BCUT2D eigenvalue weighted by molar-refractivity contribution is 0.731. The van der Waals surface area contributed by atoms with Crippen molar-refractivity contribution in [2.45, 2.75) is 16.4 Å². The molecule has 7 nitrogen and oxygen atoms in total. The van der Waals surface area contributed by atoms with Gasteiger partial charge in [-0.2, -0.15) is 0 Å². The molecule has 2 aliphatic heterocycles. The lowest BCUT2D eigenvalue weighted by Gasteiger charge is -2.28. The molecule has 1 N–H and O–H groups in total. The van der Waals surface area contributed by atoms with E-state index >= 15 is 0 Å². The van der Waals surface area contributed by atoms with Crippen LogP contribution in [-0.2, 0) is 0 Å². The van der Waals surface area contributed by atoms with Crippen molar-refractivity contribution in [3.05, 3.63) is 284 Å². The zero-order chi connectivity index (χ0) is 52.0. The summed E-state index contributed by atoms with van der Waals surface area (Å²) in [5.41, 5.74) is 17.3. The van der Waals surface area contributed by atoms with Crippen LogP contribution in [0.2, 0.25) is 0 Å². The van der Waals surface area contributed by atoms with Crippen LogP contribution in [0.15, 0.2) is 277 Å². The summed E-state index contributed by atoms with van der Waals surface area (Å²) in [7, 11) is 0. The second-order valence-electron chi connectivity index (χ2n) is 20.4. The zero-order valence-corrected chi connectivity index (χ0v) is 43.5. The topological polar surface area (TPSA) is 63.3 Å². The summed E-state index contributed by atoms with van der Waals surface area (Å²) in [4.78, 5) is 18.8. The number of nitrogens with one attached hydrogen (secondary N) is 1. The molecule has 0 saturated heterocycles. The summed E-state index contributed by atoms with van der Waals surface area (Å²) in [6.07, 6.45) is 0. The van der Waals surface area contributed by atoms with Crippen LogP contribution < -0.4 is 10.2 Å². The van der Waals surface area contributed by atoms with Crippen LogP contribution in [0.4, 0.5) is 17.1 Å². The van der Waals surface area contributed by atoms with Crippen molar-refractivity contribution in [2.75, 3.05) is 4.90 Å². The van der Waals surface area contributed by atoms with Crippen molar-refractivity contribution in [3.63, 3.8) is 0 Å². The number of rotatable bonds is 7. The van der Waals surface area contributed by atoms with Gasteiger partial charge in [-0.15, -0.1) is 0 Å². The Labute approximate surface area is 460 Å². The lowest BCUT2D eigenvalue weighted by Crippen LogP contribution is -2.36. The Kier molecular flexibility index (Phi) is 10.5. The molecule has 0 aliphatic carbocycles. The molecule has 3 aromatic heterocycles. The maximum Gasteiger partial charge on any atom is 0.209 e. The minimum Gasteiger partial charge on any atom is -0.344 e. The molecule has 16 rings (SSSR count). The fraction of sp³-hybridized carbons (Fsp3) is 0.0282. The van der Waals surface area contributed by atoms with E-state index in [9.17, 15) is 0 Å². The quantitative estimate of drug-likeness (QED) is 0.161. The van der Waals surface area contributed by atoms with Gasteiger partial charge in [0, 0.05) is 49.6 Å². The number of aromatic nitrogens is 4. The van der Waals surface area contributed by atoms with Crippen LogP contribution in [-0.4, -0.2) is 25.1 Å². The van der Waals surface area contributed by atoms with Gasteiger partial charge in [0.25, 0.3) is 0 Å². The number of hydrogen-bond acceptors (Lipinski definition) is 6. The van der Waals surface area contributed by atoms with E-state index in [0.717, 1.165) is 100 Å². The minimum atomic E-state index is -0.0680. The third-order valence-electron chi connectivity index (χ3n) is 15.8. The zero-order valence-electron chi connectivity index (χ0n) is 42.6. The van der Waals surface area contributed by atoms with Gasteiger partial charge in [0.1, 0.15) is 16.1 Å². The fourth-order valence-corrected chi connectivity index (χ4v) is 13.5. The first-order chi connectivity index (χ1) is 39.2. The molecule has 2 atom stereocenters. The highest BCUT2D eigenvalue weighted by molar-refractivity contribution is 8.00. The molecule has 0 fully saturated rings. The van der Waals surface area contributed by atoms with Gasteiger partial charge in [-0.1, -0.05) is 206 Å². The third-order valence-corrected chi connectivity index (χ3v) is 17.1. The van der Waals surface area contributed by atoms with Gasteiger partial charge in [-0.3, -0.25) is 4.57 Å². The molecule has 0 spiro atoms. The van der Waals surface area contributed by atoms with Crippen LogP contribution in [0.3, 0.4) is 0 Å². The number of para-hydroxylation sites is 3. The van der Waals surface area contributed by atoms with E-state index < -0.39 is 0 Å². The SMILES string of the molecule is c1ccc(-c2nc(-c3ccc4c(c3)c3ccc(-c5ccc6c(c5)c5c7ccccc7ccc5n6C5=Nc6ccccc6C(c6ccccc6)N5)cc3n4-c3ccccc3)nc3c2N(c2ccccc2)C(c2ccccc2)S3)cc1. The van der Waals surface area contributed by atoms with Crippen molar-refractivity contribution in [2.24, 2.45) is 4.99 Å². The lowest BCUT2D eigenvalue weighted by atomic mass is 9.96. The molecule has 2 unspecified atom stereocenters. The summed E-state index contributed by atoms with van der Waals surface area (Å²) in [5.74, 6) is 1.50. The van der Waals surface area contributed by atoms with Crippen molar-refractivity contribution < 1.29 is 0 Å². The van der Waals surface area contributed by atoms with E-state index in [1.54, 1.807) is 11.8 Å². The van der Waals surface area contributed by atoms with Gasteiger partial charge >= 0.3 is 0 Å². The van der Waals surface area contributed by atoms with E-state index in [2.05, 4.69) is 286 Å². The second kappa shape index (κ2) is 18.3. The Bertz CT molecular complexity index is 4730. The molecule has 0 amide bonds. The first kappa shape index (κ1) is 45.2. The standard InChI is InChI=1S/C71H47N7S/c1-6-21-46(22-7-1)65-56-32-18-19-33-59(56)72-71(74-65)78-61-39-36-49(42-58(61)64-54-31-17-16-20-45(54)35-41-62(64)78)50-34-38-55-57-43-51(37-40-60(57)76(63(55)44-50)52-27-12-4-13-28-52)68-73-66(47-23-8-2-9-24-47)67-69(75-68)79-70(48-25-10-3-11-26-48)77(67)53-29-14-5-15-30-53/h1-44,65,70H,(H,72,74). The molecule has 372 valence electrons. The Morgan fingerprint density at radius 3 is 1.80 bits per heavy atom. The molecule has 11 aromatic carbocycles. The van der Waals surface area contributed by atoms with Gasteiger partial charge < -0.3 is 14.8 Å². The van der Waals surface area contributed by atoms with Crippen molar-refractivity contribution in [3.8, 4) is 39.5 Å². The monoisotopic (exact) mass is 1030 g/mol. The predicted molar refractivity (Wildman–Crippen MR) is 327 cm³/mol. The number of aliphatic imine (C=N–C) groups is 1. The van der Waals surface area contributed by atoms with Gasteiger partial charge in [-0.05, 0) is 106 Å². The second-order valence-corrected chi connectivity index (χ2v) is 21.4. The third kappa shape index (κ3) is 7.40. The normalized spacial score (nSPS) is 14.9. The van der Waals surface area contributed by atoms with E-state index in [1.165, 1.54) is 32.7 Å². The molecule has 14 aromatic rings. The summed E-state index contributed by atoms with van der Waals surface area (Å²) >= 11 is 1.78. The Balaban J connectivity index is 0.860. The van der Waals surface area contributed by atoms with Crippen molar-refractivity contribution >= 4 is 89.2 Å². The molecule has 0 saturated carbocycles. The van der Waals surface area contributed by atoms with Crippen molar-refractivity contribution in [1.82, 2.24) is 24.4 Å². The number of hydrogen-bond donors (Lipinski definition) is 1. The van der Waals surface area contributed by atoms with Crippen LogP contribution in [0.1, 0.15) is 28.1 Å². The summed E-state index contributed by atoms with van der Waals surface area (Å²) in [6.45, 7) is 0. The first-order valence-corrected chi connectivity index (χ1v) is 27.7. The highest BCUT2D eigenvalue weighted by atomic mass is 32.2. The van der Waals surface area contributed by atoms with Crippen LogP contribution in [0.25, 0.3) is 93.8 Å². The average Bonchev–Trinajstić information content (AvgIpc) is 4.41.